The van der Waals surface area contributed by atoms with Gasteiger partial charge in [-0.1, -0.05) is 18.2 Å². The highest BCUT2D eigenvalue weighted by Crippen LogP contribution is 2.20. The van der Waals surface area contributed by atoms with Gasteiger partial charge < -0.3 is 4.98 Å². The van der Waals surface area contributed by atoms with Crippen molar-refractivity contribution >= 4 is 17.5 Å². The smallest absolute Gasteiger partial charge is 0.171 e. The van der Waals surface area contributed by atoms with E-state index in [1.807, 2.05) is 30.5 Å². The Bertz CT molecular complexity index is 480. The number of thioether (sulfide) groups is 1. The van der Waals surface area contributed by atoms with E-state index in [2.05, 4.69) is 9.97 Å². The number of rotatable bonds is 4. The molecule has 1 aromatic heterocycles. The van der Waals surface area contributed by atoms with Crippen LogP contribution >= 0.6 is 11.8 Å². The minimum Gasteiger partial charge on any atom is -0.348 e. The number of aromatic nitrogens is 2. The van der Waals surface area contributed by atoms with Gasteiger partial charge in [-0.2, -0.15) is 0 Å². The van der Waals surface area contributed by atoms with Gasteiger partial charge in [-0.05, 0) is 12.3 Å². The lowest BCUT2D eigenvalue weighted by Gasteiger charge is -2.04. The average Bonchev–Trinajstić information content (AvgIpc) is 2.81. The highest BCUT2D eigenvalue weighted by molar-refractivity contribution is 7.98. The zero-order valence-corrected chi connectivity index (χ0v) is 9.75. The number of nitrogens with one attached hydrogen (secondary N) is 1. The molecule has 0 fully saturated rings. The number of H-pyrrole nitrogens is 1. The number of aromatic amines is 1. The van der Waals surface area contributed by atoms with Crippen molar-refractivity contribution in [2.45, 2.75) is 11.3 Å². The molecule has 1 heterocycles. The third-order valence-corrected chi connectivity index (χ3v) is 3.09. The maximum Gasteiger partial charge on any atom is 0.171 e. The summed E-state index contributed by atoms with van der Waals surface area (Å²) in [6.07, 6.45) is 5.68. The number of Topliss-reactive ketones (excluding diaryl/α,β-unsaturated/α-hetero) is 1. The van der Waals surface area contributed by atoms with Crippen molar-refractivity contribution in [2.75, 3.05) is 6.26 Å². The van der Waals surface area contributed by atoms with E-state index >= 15 is 0 Å². The normalized spacial score (nSPS) is 10.3. The highest BCUT2D eigenvalue weighted by Gasteiger charge is 2.11. The summed E-state index contributed by atoms with van der Waals surface area (Å²) in [6.45, 7) is 0. The number of hydrogen-bond donors (Lipinski definition) is 1. The van der Waals surface area contributed by atoms with Gasteiger partial charge >= 0.3 is 0 Å². The van der Waals surface area contributed by atoms with Gasteiger partial charge in [0.15, 0.2) is 5.78 Å². The first-order valence-electron chi connectivity index (χ1n) is 4.95. The van der Waals surface area contributed by atoms with Crippen LogP contribution in [0, 0.1) is 0 Å². The van der Waals surface area contributed by atoms with Gasteiger partial charge in [-0.15, -0.1) is 11.8 Å². The molecule has 16 heavy (non-hydrogen) atoms. The Labute approximate surface area is 98.3 Å². The van der Waals surface area contributed by atoms with Crippen molar-refractivity contribution in [3.05, 3.63) is 48.0 Å². The van der Waals surface area contributed by atoms with Crippen LogP contribution in [0.2, 0.25) is 0 Å². The van der Waals surface area contributed by atoms with Gasteiger partial charge in [0, 0.05) is 22.9 Å². The lowest BCUT2D eigenvalue weighted by Crippen LogP contribution is -2.06. The second kappa shape index (κ2) is 4.99. The summed E-state index contributed by atoms with van der Waals surface area (Å²) in [4.78, 5) is 20.0. The first kappa shape index (κ1) is 11.0. The molecule has 0 unspecified atom stereocenters. The van der Waals surface area contributed by atoms with Gasteiger partial charge in [0.05, 0.1) is 6.42 Å². The maximum absolute atomic E-state index is 12.0. The zero-order chi connectivity index (χ0) is 11.4. The second-order valence-electron chi connectivity index (χ2n) is 3.34. The monoisotopic (exact) mass is 232 g/mol. The van der Waals surface area contributed by atoms with Crippen molar-refractivity contribution in [1.29, 1.82) is 0 Å². The van der Waals surface area contributed by atoms with Crippen LogP contribution in [0.4, 0.5) is 0 Å². The van der Waals surface area contributed by atoms with E-state index in [0.29, 0.717) is 12.2 Å². The molecule has 2 aromatic rings. The van der Waals surface area contributed by atoms with Crippen LogP contribution in [0.25, 0.3) is 0 Å². The standard InChI is InChI=1S/C12H12N2OS/c1-16-11-5-3-2-4-9(11)10(15)8-12-13-6-7-14-12/h2-7H,8H2,1H3,(H,13,14). The lowest BCUT2D eigenvalue weighted by atomic mass is 10.1. The summed E-state index contributed by atoms with van der Waals surface area (Å²) in [6, 6.07) is 7.64. The van der Waals surface area contributed by atoms with E-state index in [1.54, 1.807) is 24.2 Å². The molecule has 1 N–H and O–H groups in total. The Morgan fingerprint density at radius 3 is 2.94 bits per heavy atom. The largest absolute Gasteiger partial charge is 0.348 e. The highest BCUT2D eigenvalue weighted by atomic mass is 32.2. The van der Waals surface area contributed by atoms with E-state index < -0.39 is 0 Å². The van der Waals surface area contributed by atoms with Gasteiger partial charge in [0.2, 0.25) is 0 Å². The number of ketones is 1. The van der Waals surface area contributed by atoms with Crippen LogP contribution in [-0.4, -0.2) is 22.0 Å². The molecule has 0 bridgehead atoms. The van der Waals surface area contributed by atoms with E-state index in [0.717, 1.165) is 10.5 Å². The Morgan fingerprint density at radius 1 is 1.44 bits per heavy atom. The molecule has 0 spiro atoms. The molecule has 4 heteroatoms. The van der Waals surface area contributed by atoms with Gasteiger partial charge in [-0.3, -0.25) is 4.79 Å². The van der Waals surface area contributed by atoms with Crippen molar-refractivity contribution < 1.29 is 4.79 Å². The van der Waals surface area contributed by atoms with Crippen molar-refractivity contribution in [3.8, 4) is 0 Å². The third kappa shape index (κ3) is 2.33. The minimum absolute atomic E-state index is 0.0971. The fraction of sp³-hybridized carbons (Fsp3) is 0.167. The summed E-state index contributed by atoms with van der Waals surface area (Å²) in [5.41, 5.74) is 0.770. The topological polar surface area (TPSA) is 45.8 Å². The number of imidazole rings is 1. The van der Waals surface area contributed by atoms with Gasteiger partial charge in [-0.25, -0.2) is 4.98 Å². The number of nitrogens with zero attached hydrogens (tertiary/aromatic N) is 1. The molecule has 0 amide bonds. The minimum atomic E-state index is 0.0971. The maximum atomic E-state index is 12.0. The fourth-order valence-electron chi connectivity index (χ4n) is 1.52. The molecule has 0 atom stereocenters. The van der Waals surface area contributed by atoms with Gasteiger partial charge in [0.25, 0.3) is 0 Å². The molecule has 0 aliphatic carbocycles. The lowest BCUT2D eigenvalue weighted by molar-refractivity contribution is 0.0988. The summed E-state index contributed by atoms with van der Waals surface area (Å²) < 4.78 is 0. The summed E-state index contributed by atoms with van der Waals surface area (Å²) in [5.74, 6) is 0.806. The Balaban J connectivity index is 2.21. The van der Waals surface area contributed by atoms with E-state index in [1.165, 1.54) is 0 Å². The first-order valence-corrected chi connectivity index (χ1v) is 6.18. The summed E-state index contributed by atoms with van der Waals surface area (Å²) >= 11 is 1.58. The SMILES string of the molecule is CSc1ccccc1C(=O)Cc1ncc[nH]1. The van der Waals surface area contributed by atoms with Crippen LogP contribution in [0.5, 0.6) is 0 Å². The molecule has 2 rings (SSSR count). The molecular weight excluding hydrogens is 220 g/mol. The molecule has 82 valence electrons. The number of hydrogen-bond acceptors (Lipinski definition) is 3. The van der Waals surface area contributed by atoms with Crippen molar-refractivity contribution in [2.24, 2.45) is 0 Å². The number of carbonyl (C=O) groups is 1. The van der Waals surface area contributed by atoms with Gasteiger partial charge in [0.1, 0.15) is 5.82 Å². The zero-order valence-electron chi connectivity index (χ0n) is 8.93. The fourth-order valence-corrected chi connectivity index (χ4v) is 2.13. The molecular formula is C12H12N2OS. The van der Waals surface area contributed by atoms with Crippen LogP contribution in [0.15, 0.2) is 41.6 Å². The Kier molecular flexibility index (Phi) is 3.41. The molecule has 0 saturated carbocycles. The number of benzene rings is 1. The molecule has 1 aromatic carbocycles. The van der Waals surface area contributed by atoms with Crippen LogP contribution in [0.1, 0.15) is 16.2 Å². The van der Waals surface area contributed by atoms with Crippen molar-refractivity contribution in [3.63, 3.8) is 0 Å². The average molecular weight is 232 g/mol. The Morgan fingerprint density at radius 2 is 2.25 bits per heavy atom. The summed E-state index contributed by atoms with van der Waals surface area (Å²) in [5, 5.41) is 0. The third-order valence-electron chi connectivity index (χ3n) is 2.29. The quantitative estimate of drug-likeness (QED) is 0.651. The van der Waals surface area contributed by atoms with E-state index in [9.17, 15) is 4.79 Å². The second-order valence-corrected chi connectivity index (χ2v) is 4.18. The summed E-state index contributed by atoms with van der Waals surface area (Å²) in [7, 11) is 0. The Hall–Kier alpha value is -1.55. The predicted molar refractivity (Wildman–Crippen MR) is 64.8 cm³/mol. The number of carbonyl (C=O) groups excluding carboxylic acids is 1. The molecule has 0 radical (unpaired) electrons. The molecule has 0 aliphatic heterocycles. The molecule has 0 saturated heterocycles. The van der Waals surface area contributed by atoms with Crippen molar-refractivity contribution in [1.82, 2.24) is 9.97 Å². The van der Waals surface area contributed by atoms with Crippen LogP contribution in [-0.2, 0) is 6.42 Å². The van der Waals surface area contributed by atoms with Crippen LogP contribution in [0.3, 0.4) is 0 Å². The molecule has 0 aliphatic rings. The van der Waals surface area contributed by atoms with E-state index in [4.69, 9.17) is 0 Å². The predicted octanol–water partition coefficient (Wildman–Crippen LogP) is 2.56. The molecule has 3 nitrogen and oxygen atoms in total. The van der Waals surface area contributed by atoms with Crippen LogP contribution < -0.4 is 0 Å². The van der Waals surface area contributed by atoms with E-state index in [-0.39, 0.29) is 5.78 Å². The first-order chi connectivity index (χ1) is 7.81.